The van der Waals surface area contributed by atoms with Gasteiger partial charge in [-0.3, -0.25) is 4.79 Å². The van der Waals surface area contributed by atoms with Gasteiger partial charge in [-0.15, -0.1) is 0 Å². The molecule has 2 rings (SSSR count). The highest BCUT2D eigenvalue weighted by Crippen LogP contribution is 2.31. The van der Waals surface area contributed by atoms with Gasteiger partial charge in [-0.05, 0) is 19.8 Å². The number of halogens is 1. The lowest BCUT2D eigenvalue weighted by Gasteiger charge is -1.96. The zero-order chi connectivity index (χ0) is 9.42. The van der Waals surface area contributed by atoms with Crippen molar-refractivity contribution in [1.29, 1.82) is 0 Å². The molecule has 1 fully saturated rings. The van der Waals surface area contributed by atoms with E-state index in [9.17, 15) is 9.18 Å². The number of aryl methyl sites for hydroxylation is 1. The Morgan fingerprint density at radius 3 is 2.85 bits per heavy atom. The largest absolute Gasteiger partial charge is 0.302 e. The van der Waals surface area contributed by atoms with Crippen molar-refractivity contribution in [2.75, 3.05) is 5.32 Å². The Hall–Kier alpha value is -0.970. The first-order chi connectivity index (χ1) is 6.16. The van der Waals surface area contributed by atoms with Crippen LogP contribution in [0.2, 0.25) is 0 Å². The van der Waals surface area contributed by atoms with E-state index in [1.165, 1.54) is 0 Å². The standard InChI is InChI=1S/C8H9FN2OS/c1-4-6(9)13-8(10-4)11-7(12)5-2-3-5/h5H,2-3H2,1H3,(H,10,11,12). The zero-order valence-corrected chi connectivity index (χ0v) is 7.95. The number of hydrogen-bond donors (Lipinski definition) is 1. The molecule has 70 valence electrons. The Morgan fingerprint density at radius 2 is 2.38 bits per heavy atom. The summed E-state index contributed by atoms with van der Waals surface area (Å²) in [6.07, 6.45) is 1.89. The van der Waals surface area contributed by atoms with Gasteiger partial charge in [-0.25, -0.2) is 4.98 Å². The lowest BCUT2D eigenvalue weighted by Crippen LogP contribution is -2.12. The number of amides is 1. The maximum atomic E-state index is 12.8. The maximum absolute atomic E-state index is 12.8. The molecular weight excluding hydrogens is 191 g/mol. The Labute approximate surface area is 79.0 Å². The average Bonchev–Trinajstić information content (AvgIpc) is 2.81. The number of thiazole rings is 1. The lowest BCUT2D eigenvalue weighted by molar-refractivity contribution is -0.117. The zero-order valence-electron chi connectivity index (χ0n) is 7.13. The number of nitrogens with zero attached hydrogens (tertiary/aromatic N) is 1. The summed E-state index contributed by atoms with van der Waals surface area (Å²) in [5.74, 6) is 0.0982. The molecule has 1 aliphatic rings. The van der Waals surface area contributed by atoms with Gasteiger partial charge in [0.15, 0.2) is 5.13 Å². The molecule has 0 radical (unpaired) electrons. The van der Waals surface area contributed by atoms with Crippen LogP contribution in [-0.4, -0.2) is 10.9 Å². The first-order valence-electron chi connectivity index (χ1n) is 4.10. The monoisotopic (exact) mass is 200 g/mol. The van der Waals surface area contributed by atoms with Crippen LogP contribution in [0.5, 0.6) is 0 Å². The molecule has 0 aromatic carbocycles. The Morgan fingerprint density at radius 1 is 1.69 bits per heavy atom. The molecule has 0 unspecified atom stereocenters. The number of carbonyl (C=O) groups excluding carboxylic acids is 1. The number of nitrogens with one attached hydrogen (secondary N) is 1. The second-order valence-electron chi connectivity index (χ2n) is 3.14. The third-order valence-electron chi connectivity index (χ3n) is 1.92. The minimum absolute atomic E-state index is 0.0336. The molecule has 0 saturated heterocycles. The van der Waals surface area contributed by atoms with Gasteiger partial charge in [0, 0.05) is 5.92 Å². The molecule has 0 bridgehead atoms. The molecule has 1 aromatic rings. The van der Waals surface area contributed by atoms with Crippen molar-refractivity contribution in [2.24, 2.45) is 5.92 Å². The van der Waals surface area contributed by atoms with Gasteiger partial charge in [0.2, 0.25) is 11.0 Å². The van der Waals surface area contributed by atoms with Crippen LogP contribution in [0.15, 0.2) is 0 Å². The van der Waals surface area contributed by atoms with Crippen molar-refractivity contribution in [3.05, 3.63) is 10.8 Å². The van der Waals surface area contributed by atoms with Crippen molar-refractivity contribution in [2.45, 2.75) is 19.8 Å². The first-order valence-corrected chi connectivity index (χ1v) is 4.92. The van der Waals surface area contributed by atoms with Gasteiger partial charge in [-0.2, -0.15) is 4.39 Å². The summed E-state index contributed by atoms with van der Waals surface area (Å²) < 4.78 is 12.8. The fourth-order valence-corrected chi connectivity index (χ4v) is 1.68. The smallest absolute Gasteiger partial charge is 0.229 e. The van der Waals surface area contributed by atoms with Crippen LogP contribution in [0.4, 0.5) is 9.52 Å². The summed E-state index contributed by atoms with van der Waals surface area (Å²) in [4.78, 5) is 15.1. The SMILES string of the molecule is Cc1nc(NC(=O)C2CC2)sc1F. The molecule has 13 heavy (non-hydrogen) atoms. The van der Waals surface area contributed by atoms with Crippen molar-refractivity contribution in [1.82, 2.24) is 4.98 Å². The van der Waals surface area contributed by atoms with Gasteiger partial charge in [0.25, 0.3) is 0 Å². The van der Waals surface area contributed by atoms with Crippen LogP contribution in [-0.2, 0) is 4.79 Å². The van der Waals surface area contributed by atoms with Gasteiger partial charge < -0.3 is 5.32 Å². The Kier molecular flexibility index (Phi) is 2.03. The molecule has 3 nitrogen and oxygen atoms in total. The van der Waals surface area contributed by atoms with Crippen molar-refractivity contribution >= 4 is 22.4 Å². The number of hydrogen-bond acceptors (Lipinski definition) is 3. The van der Waals surface area contributed by atoms with Crippen molar-refractivity contribution < 1.29 is 9.18 Å². The molecule has 1 saturated carbocycles. The normalized spacial score (nSPS) is 15.8. The summed E-state index contributed by atoms with van der Waals surface area (Å²) in [7, 11) is 0. The Bertz CT molecular complexity index is 326. The number of carbonyl (C=O) groups is 1. The molecule has 1 N–H and O–H groups in total. The van der Waals surface area contributed by atoms with E-state index in [0.717, 1.165) is 24.2 Å². The molecular formula is C8H9FN2OS. The van der Waals surface area contributed by atoms with Crippen LogP contribution >= 0.6 is 11.3 Å². The summed E-state index contributed by atoms with van der Waals surface area (Å²) in [6, 6.07) is 0. The average molecular weight is 200 g/mol. The number of aromatic nitrogens is 1. The van der Waals surface area contributed by atoms with Crippen LogP contribution in [0.3, 0.4) is 0 Å². The van der Waals surface area contributed by atoms with E-state index < -0.39 is 0 Å². The molecule has 0 spiro atoms. The van der Waals surface area contributed by atoms with E-state index in [1.54, 1.807) is 6.92 Å². The lowest BCUT2D eigenvalue weighted by atomic mass is 10.4. The minimum atomic E-state index is -0.328. The molecule has 1 aromatic heterocycles. The highest BCUT2D eigenvalue weighted by molar-refractivity contribution is 7.14. The summed E-state index contributed by atoms with van der Waals surface area (Å²) >= 11 is 0.878. The van der Waals surface area contributed by atoms with Crippen LogP contribution in [0.1, 0.15) is 18.5 Å². The van der Waals surface area contributed by atoms with Crippen LogP contribution < -0.4 is 5.32 Å². The quantitative estimate of drug-likeness (QED) is 0.792. The molecule has 1 heterocycles. The van der Waals surface area contributed by atoms with E-state index in [0.29, 0.717) is 10.8 Å². The number of rotatable bonds is 2. The van der Waals surface area contributed by atoms with E-state index in [2.05, 4.69) is 10.3 Å². The first kappa shape index (κ1) is 8.62. The van der Waals surface area contributed by atoms with Gasteiger partial charge in [-0.1, -0.05) is 11.3 Å². The van der Waals surface area contributed by atoms with Gasteiger partial charge >= 0.3 is 0 Å². The third-order valence-corrected chi connectivity index (χ3v) is 2.78. The maximum Gasteiger partial charge on any atom is 0.229 e. The summed E-state index contributed by atoms with van der Waals surface area (Å²) in [5, 5.41) is 2.63. The van der Waals surface area contributed by atoms with Gasteiger partial charge in [0.1, 0.15) is 0 Å². The second kappa shape index (κ2) is 3.06. The van der Waals surface area contributed by atoms with Crippen LogP contribution in [0.25, 0.3) is 0 Å². The van der Waals surface area contributed by atoms with Crippen molar-refractivity contribution in [3.63, 3.8) is 0 Å². The highest BCUT2D eigenvalue weighted by Gasteiger charge is 2.30. The minimum Gasteiger partial charge on any atom is -0.302 e. The molecule has 1 aliphatic carbocycles. The predicted octanol–water partition coefficient (Wildman–Crippen LogP) is 1.94. The summed E-state index contributed by atoms with van der Waals surface area (Å²) in [6.45, 7) is 1.58. The molecule has 5 heteroatoms. The van der Waals surface area contributed by atoms with Crippen molar-refractivity contribution in [3.8, 4) is 0 Å². The fraction of sp³-hybridized carbons (Fsp3) is 0.500. The second-order valence-corrected chi connectivity index (χ2v) is 4.09. The summed E-state index contributed by atoms with van der Waals surface area (Å²) in [5.41, 5.74) is 0.344. The fourth-order valence-electron chi connectivity index (χ4n) is 0.984. The van der Waals surface area contributed by atoms with E-state index in [-0.39, 0.29) is 17.0 Å². The highest BCUT2D eigenvalue weighted by atomic mass is 32.1. The topological polar surface area (TPSA) is 42.0 Å². The molecule has 1 amide bonds. The van der Waals surface area contributed by atoms with E-state index in [1.807, 2.05) is 0 Å². The van der Waals surface area contributed by atoms with E-state index >= 15 is 0 Å². The molecule has 0 aliphatic heterocycles. The number of anilines is 1. The van der Waals surface area contributed by atoms with Gasteiger partial charge in [0.05, 0.1) is 5.69 Å². The van der Waals surface area contributed by atoms with E-state index in [4.69, 9.17) is 0 Å². The molecule has 0 atom stereocenters. The Balaban J connectivity index is 2.04. The van der Waals surface area contributed by atoms with Crippen LogP contribution in [0, 0.1) is 18.0 Å². The predicted molar refractivity (Wildman–Crippen MR) is 48.2 cm³/mol. The third kappa shape index (κ3) is 1.85.